The first-order valence-electron chi connectivity index (χ1n) is 9.52. The van der Waals surface area contributed by atoms with Gasteiger partial charge in [-0.15, -0.1) is 0 Å². The van der Waals surface area contributed by atoms with Crippen LogP contribution in [0.25, 0.3) is 16.8 Å². The predicted octanol–water partition coefficient (Wildman–Crippen LogP) is 5.36. The van der Waals surface area contributed by atoms with E-state index in [0.717, 1.165) is 11.1 Å². The Balaban J connectivity index is 1.36. The number of fused-ring (bicyclic) bond motifs is 1. The van der Waals surface area contributed by atoms with Gasteiger partial charge in [0, 0.05) is 0 Å². The van der Waals surface area contributed by atoms with E-state index in [9.17, 15) is 4.79 Å². The molecule has 3 aromatic carbocycles. The number of carbonyl (C=O) groups excluding carboxylic acids is 1. The lowest BCUT2D eigenvalue weighted by molar-refractivity contribution is -0.130. The number of ether oxygens (including phenoxy) is 2. The number of carbonyl (C=O) groups is 1. The van der Waals surface area contributed by atoms with Gasteiger partial charge in [-0.2, -0.15) is 0 Å². The van der Waals surface area contributed by atoms with Crippen LogP contribution in [-0.2, 0) is 16.1 Å². The third-order valence-electron chi connectivity index (χ3n) is 4.79. The molecule has 0 aliphatic carbocycles. The highest BCUT2D eigenvalue weighted by Gasteiger charge is 2.25. The molecule has 1 aromatic heterocycles. The molecule has 0 radical (unpaired) electrons. The SMILES string of the molecule is O=C1OC(c2ccco2)=N/C1=C/c1cccc(OCc2cccc3ccccc23)c1. The highest BCUT2D eigenvalue weighted by Crippen LogP contribution is 2.23. The third kappa shape index (κ3) is 3.61. The standard InChI is InChI=1S/C25H17NO4/c27-25-22(26-24(30-25)23-12-5-13-28-23)15-17-6-3-10-20(14-17)29-16-19-9-4-8-18-7-1-2-11-21(18)19/h1-15H,16H2/b22-15+. The molecule has 5 heteroatoms. The minimum Gasteiger partial charge on any atom is -0.489 e. The lowest BCUT2D eigenvalue weighted by atomic mass is 10.1. The fourth-order valence-corrected chi connectivity index (χ4v) is 3.35. The summed E-state index contributed by atoms with van der Waals surface area (Å²) >= 11 is 0. The second kappa shape index (κ2) is 7.72. The second-order valence-electron chi connectivity index (χ2n) is 6.81. The van der Waals surface area contributed by atoms with Gasteiger partial charge in [0.15, 0.2) is 11.5 Å². The van der Waals surface area contributed by atoms with Gasteiger partial charge in [0.25, 0.3) is 5.90 Å². The summed E-state index contributed by atoms with van der Waals surface area (Å²) in [5.41, 5.74) is 2.12. The van der Waals surface area contributed by atoms with E-state index in [-0.39, 0.29) is 11.6 Å². The summed E-state index contributed by atoms with van der Waals surface area (Å²) in [6.07, 6.45) is 3.17. The van der Waals surface area contributed by atoms with E-state index in [1.165, 1.54) is 17.0 Å². The van der Waals surface area contributed by atoms with Crippen LogP contribution in [0.15, 0.2) is 100 Å². The van der Waals surface area contributed by atoms with Crippen molar-refractivity contribution in [3.63, 3.8) is 0 Å². The summed E-state index contributed by atoms with van der Waals surface area (Å²) < 4.78 is 16.4. The number of cyclic esters (lactones) is 1. The van der Waals surface area contributed by atoms with Gasteiger partial charge in [-0.25, -0.2) is 9.79 Å². The summed E-state index contributed by atoms with van der Waals surface area (Å²) in [7, 11) is 0. The number of esters is 1. The zero-order valence-corrected chi connectivity index (χ0v) is 15.9. The molecule has 4 aromatic rings. The molecule has 0 amide bonds. The maximum atomic E-state index is 12.1. The highest BCUT2D eigenvalue weighted by molar-refractivity contribution is 6.11. The van der Waals surface area contributed by atoms with Gasteiger partial charge in [-0.1, -0.05) is 54.6 Å². The van der Waals surface area contributed by atoms with Crippen molar-refractivity contribution in [2.75, 3.05) is 0 Å². The smallest absolute Gasteiger partial charge is 0.363 e. The summed E-state index contributed by atoms with van der Waals surface area (Å²) in [4.78, 5) is 16.4. The normalized spacial score (nSPS) is 14.7. The van der Waals surface area contributed by atoms with E-state index < -0.39 is 5.97 Å². The summed E-state index contributed by atoms with van der Waals surface area (Å²) in [6.45, 7) is 0.449. The molecule has 0 fully saturated rings. The minimum absolute atomic E-state index is 0.166. The minimum atomic E-state index is -0.511. The van der Waals surface area contributed by atoms with Crippen LogP contribution >= 0.6 is 0 Å². The molecule has 5 nitrogen and oxygen atoms in total. The van der Waals surface area contributed by atoms with E-state index in [1.807, 2.05) is 42.5 Å². The fraction of sp³-hybridized carbons (Fsp3) is 0.0400. The first kappa shape index (κ1) is 17.9. The van der Waals surface area contributed by atoms with Crippen LogP contribution in [0.1, 0.15) is 16.9 Å². The number of rotatable bonds is 5. The topological polar surface area (TPSA) is 61.0 Å². The molecular formula is C25H17NO4. The molecule has 146 valence electrons. The lowest BCUT2D eigenvalue weighted by Crippen LogP contribution is -2.04. The Hall–Kier alpha value is -4.12. The van der Waals surface area contributed by atoms with E-state index >= 15 is 0 Å². The summed E-state index contributed by atoms with van der Waals surface area (Å²) in [6, 6.07) is 25.3. The van der Waals surface area contributed by atoms with Crippen LogP contribution in [0.5, 0.6) is 5.75 Å². The molecule has 0 unspecified atom stereocenters. The number of hydrogen-bond acceptors (Lipinski definition) is 5. The molecule has 0 spiro atoms. The van der Waals surface area contributed by atoms with Gasteiger partial charge in [0.05, 0.1) is 6.26 Å². The molecular weight excluding hydrogens is 378 g/mol. The van der Waals surface area contributed by atoms with Crippen molar-refractivity contribution in [3.8, 4) is 5.75 Å². The molecule has 0 bridgehead atoms. The highest BCUT2D eigenvalue weighted by atomic mass is 16.6. The maximum absolute atomic E-state index is 12.1. The average Bonchev–Trinajstić information content (AvgIpc) is 3.43. The molecule has 0 saturated heterocycles. The summed E-state index contributed by atoms with van der Waals surface area (Å²) in [5, 5.41) is 2.36. The second-order valence-corrected chi connectivity index (χ2v) is 6.81. The molecule has 0 atom stereocenters. The van der Waals surface area contributed by atoms with Crippen molar-refractivity contribution >= 4 is 28.7 Å². The first-order chi connectivity index (χ1) is 14.8. The van der Waals surface area contributed by atoms with Crippen molar-refractivity contribution < 1.29 is 18.7 Å². The Morgan fingerprint density at radius 1 is 0.933 bits per heavy atom. The monoisotopic (exact) mass is 395 g/mol. The molecule has 0 N–H and O–H groups in total. The van der Waals surface area contributed by atoms with E-state index in [0.29, 0.717) is 18.1 Å². The maximum Gasteiger partial charge on any atom is 0.363 e. The van der Waals surface area contributed by atoms with Crippen LogP contribution in [0.2, 0.25) is 0 Å². The van der Waals surface area contributed by atoms with E-state index in [4.69, 9.17) is 13.9 Å². The Morgan fingerprint density at radius 2 is 1.80 bits per heavy atom. The quantitative estimate of drug-likeness (QED) is 0.337. The third-order valence-corrected chi connectivity index (χ3v) is 4.79. The molecule has 30 heavy (non-hydrogen) atoms. The molecule has 0 saturated carbocycles. The van der Waals surface area contributed by atoms with Crippen molar-refractivity contribution in [2.24, 2.45) is 4.99 Å². The van der Waals surface area contributed by atoms with Crippen LogP contribution in [0.4, 0.5) is 0 Å². The van der Waals surface area contributed by atoms with Crippen molar-refractivity contribution in [3.05, 3.63) is 108 Å². The fourth-order valence-electron chi connectivity index (χ4n) is 3.35. The van der Waals surface area contributed by atoms with Gasteiger partial charge in [-0.3, -0.25) is 0 Å². The van der Waals surface area contributed by atoms with Gasteiger partial charge in [0.2, 0.25) is 0 Å². The molecule has 1 aliphatic rings. The van der Waals surface area contributed by atoms with Crippen LogP contribution in [0.3, 0.4) is 0 Å². The summed E-state index contributed by atoms with van der Waals surface area (Å²) in [5.74, 6) is 0.779. The number of aliphatic imine (C=N–C) groups is 1. The van der Waals surface area contributed by atoms with Gasteiger partial charge < -0.3 is 13.9 Å². The van der Waals surface area contributed by atoms with Crippen molar-refractivity contribution in [1.82, 2.24) is 0 Å². The first-order valence-corrected chi connectivity index (χ1v) is 9.52. The number of hydrogen-bond donors (Lipinski definition) is 0. The van der Waals surface area contributed by atoms with Crippen molar-refractivity contribution in [2.45, 2.75) is 6.61 Å². The van der Waals surface area contributed by atoms with Gasteiger partial charge in [0.1, 0.15) is 12.4 Å². The van der Waals surface area contributed by atoms with Gasteiger partial charge in [-0.05, 0) is 52.2 Å². The molecule has 2 heterocycles. The zero-order valence-electron chi connectivity index (χ0n) is 15.9. The van der Waals surface area contributed by atoms with Crippen molar-refractivity contribution in [1.29, 1.82) is 0 Å². The Bertz CT molecular complexity index is 1280. The van der Waals surface area contributed by atoms with Gasteiger partial charge >= 0.3 is 5.97 Å². The lowest BCUT2D eigenvalue weighted by Gasteiger charge is -2.09. The van der Waals surface area contributed by atoms with E-state index in [1.54, 1.807) is 18.2 Å². The number of benzene rings is 3. The molecule has 5 rings (SSSR count). The Morgan fingerprint density at radius 3 is 2.70 bits per heavy atom. The zero-order chi connectivity index (χ0) is 20.3. The van der Waals surface area contributed by atoms with Crippen LogP contribution in [0, 0.1) is 0 Å². The predicted molar refractivity (Wildman–Crippen MR) is 114 cm³/mol. The Kier molecular flexibility index (Phi) is 4.62. The van der Waals surface area contributed by atoms with Crippen LogP contribution < -0.4 is 4.74 Å². The van der Waals surface area contributed by atoms with E-state index in [2.05, 4.69) is 29.3 Å². The molecule has 1 aliphatic heterocycles. The van der Waals surface area contributed by atoms with Crippen LogP contribution in [-0.4, -0.2) is 11.9 Å². The Labute approximate surface area is 172 Å². The number of nitrogens with zero attached hydrogens (tertiary/aromatic N) is 1. The average molecular weight is 395 g/mol. The largest absolute Gasteiger partial charge is 0.489 e. The number of furan rings is 1.